The van der Waals surface area contributed by atoms with Gasteiger partial charge in [0.1, 0.15) is 12.4 Å². The van der Waals surface area contributed by atoms with Gasteiger partial charge in [-0.2, -0.15) is 4.98 Å². The van der Waals surface area contributed by atoms with E-state index < -0.39 is 0 Å². The Kier molecular flexibility index (Phi) is 5.93. The van der Waals surface area contributed by atoms with Gasteiger partial charge in [0.2, 0.25) is 5.89 Å². The number of nitrogens with zero attached hydrogens (tertiary/aromatic N) is 2. The van der Waals surface area contributed by atoms with E-state index in [1.807, 2.05) is 18.2 Å². The predicted molar refractivity (Wildman–Crippen MR) is 96.6 cm³/mol. The van der Waals surface area contributed by atoms with Crippen molar-refractivity contribution >= 4 is 5.91 Å². The Morgan fingerprint density at radius 2 is 2.07 bits per heavy atom. The van der Waals surface area contributed by atoms with Crippen LogP contribution in [0.15, 0.2) is 47.0 Å². The zero-order chi connectivity index (χ0) is 19.2. The van der Waals surface area contributed by atoms with E-state index in [2.05, 4.69) is 15.5 Å². The van der Waals surface area contributed by atoms with Crippen LogP contribution in [-0.4, -0.2) is 23.2 Å². The number of aryl methyl sites for hydroxylation is 1. The molecule has 27 heavy (non-hydrogen) atoms. The van der Waals surface area contributed by atoms with Crippen molar-refractivity contribution in [3.05, 3.63) is 82.3 Å². The molecule has 1 N–H and O–H groups in total. The summed E-state index contributed by atoms with van der Waals surface area (Å²) in [5.74, 6) is 0.208. The van der Waals surface area contributed by atoms with Crippen LogP contribution in [0.3, 0.4) is 0 Å². The Morgan fingerprint density at radius 1 is 1.26 bits per heavy atom. The van der Waals surface area contributed by atoms with E-state index in [0.717, 1.165) is 11.1 Å². The summed E-state index contributed by atoms with van der Waals surface area (Å²) in [6.07, 6.45) is 0.458. The van der Waals surface area contributed by atoms with E-state index >= 15 is 0 Å². The third kappa shape index (κ3) is 4.77. The summed E-state index contributed by atoms with van der Waals surface area (Å²) in [7, 11) is 1.54. The molecular formula is C20H20FN3O3. The number of hydrogen-bond acceptors (Lipinski definition) is 5. The average molecular weight is 369 g/mol. The van der Waals surface area contributed by atoms with Crippen LogP contribution in [0.1, 0.15) is 38.8 Å². The van der Waals surface area contributed by atoms with Crippen molar-refractivity contribution < 1.29 is 18.4 Å². The first-order valence-corrected chi connectivity index (χ1v) is 8.48. The first-order chi connectivity index (χ1) is 13.1. The highest BCUT2D eigenvalue weighted by atomic mass is 19.1. The Bertz CT molecular complexity index is 940. The third-order valence-electron chi connectivity index (χ3n) is 4.08. The fourth-order valence-corrected chi connectivity index (χ4v) is 2.66. The monoisotopic (exact) mass is 369 g/mol. The van der Waals surface area contributed by atoms with E-state index in [-0.39, 0.29) is 24.9 Å². The van der Waals surface area contributed by atoms with Crippen LogP contribution in [0.4, 0.5) is 4.39 Å². The van der Waals surface area contributed by atoms with Crippen LogP contribution in [0.2, 0.25) is 0 Å². The van der Waals surface area contributed by atoms with Gasteiger partial charge in [0, 0.05) is 12.7 Å². The molecule has 0 spiro atoms. The minimum Gasteiger partial charge on any atom is -0.377 e. The standard InChI is InChI=1S/C20H20FN3O3/c1-13-7-8-14(10-17(13)21)9-15-5-3-4-6-16(15)20(25)22-11-19-23-18(12-26-2)24-27-19/h3-8,10H,9,11-12H2,1-2H3,(H,22,25). The Hall–Kier alpha value is -3.06. The molecule has 0 radical (unpaired) electrons. The number of halogens is 1. The van der Waals surface area contributed by atoms with Gasteiger partial charge in [-0.05, 0) is 42.2 Å². The molecule has 0 bridgehead atoms. The van der Waals surface area contributed by atoms with Gasteiger partial charge in [0.15, 0.2) is 5.82 Å². The second-order valence-corrected chi connectivity index (χ2v) is 6.14. The van der Waals surface area contributed by atoms with E-state index in [4.69, 9.17) is 9.26 Å². The number of hydrogen-bond donors (Lipinski definition) is 1. The van der Waals surface area contributed by atoms with Crippen LogP contribution in [0.5, 0.6) is 0 Å². The molecule has 2 aromatic carbocycles. The molecule has 1 amide bonds. The number of ether oxygens (including phenoxy) is 1. The van der Waals surface area contributed by atoms with Crippen LogP contribution < -0.4 is 5.32 Å². The van der Waals surface area contributed by atoms with Crippen molar-refractivity contribution in [3.63, 3.8) is 0 Å². The smallest absolute Gasteiger partial charge is 0.252 e. The van der Waals surface area contributed by atoms with E-state index in [9.17, 15) is 9.18 Å². The van der Waals surface area contributed by atoms with Gasteiger partial charge in [-0.25, -0.2) is 4.39 Å². The van der Waals surface area contributed by atoms with Crippen molar-refractivity contribution in [2.45, 2.75) is 26.5 Å². The van der Waals surface area contributed by atoms with E-state index in [1.165, 1.54) is 13.2 Å². The summed E-state index contributed by atoms with van der Waals surface area (Å²) in [4.78, 5) is 16.7. The second kappa shape index (κ2) is 8.55. The average Bonchev–Trinajstić information content (AvgIpc) is 3.11. The molecule has 0 unspecified atom stereocenters. The molecular weight excluding hydrogens is 349 g/mol. The lowest BCUT2D eigenvalue weighted by molar-refractivity contribution is 0.0945. The number of benzene rings is 2. The summed E-state index contributed by atoms with van der Waals surface area (Å²) in [6, 6.07) is 12.3. The quantitative estimate of drug-likeness (QED) is 0.692. The van der Waals surface area contributed by atoms with E-state index in [1.54, 1.807) is 25.1 Å². The lowest BCUT2D eigenvalue weighted by Crippen LogP contribution is -2.24. The van der Waals surface area contributed by atoms with Gasteiger partial charge < -0.3 is 14.6 Å². The number of nitrogens with one attached hydrogen (secondary N) is 1. The van der Waals surface area contributed by atoms with Gasteiger partial charge >= 0.3 is 0 Å². The number of aromatic nitrogens is 2. The molecule has 1 heterocycles. The molecule has 0 aliphatic heterocycles. The Labute approximate surface area is 156 Å². The molecule has 1 aromatic heterocycles. The second-order valence-electron chi connectivity index (χ2n) is 6.14. The molecule has 7 heteroatoms. The first kappa shape index (κ1) is 18.7. The van der Waals surface area contributed by atoms with Crippen molar-refractivity contribution in [1.29, 1.82) is 0 Å². The Morgan fingerprint density at radius 3 is 2.85 bits per heavy atom. The largest absolute Gasteiger partial charge is 0.377 e. The number of carbonyl (C=O) groups is 1. The maximum Gasteiger partial charge on any atom is 0.252 e. The molecule has 0 aliphatic rings. The SMILES string of the molecule is COCc1noc(CNC(=O)c2ccccc2Cc2ccc(C)c(F)c2)n1. The lowest BCUT2D eigenvalue weighted by atomic mass is 9.98. The summed E-state index contributed by atoms with van der Waals surface area (Å²) in [5.41, 5.74) is 2.73. The van der Waals surface area contributed by atoms with Crippen LogP contribution >= 0.6 is 0 Å². The van der Waals surface area contributed by atoms with Crippen molar-refractivity contribution in [2.24, 2.45) is 0 Å². The van der Waals surface area contributed by atoms with Crippen LogP contribution in [0.25, 0.3) is 0 Å². The van der Waals surface area contributed by atoms with E-state index in [0.29, 0.717) is 29.3 Å². The summed E-state index contributed by atoms with van der Waals surface area (Å²) in [5, 5.41) is 6.51. The number of carbonyl (C=O) groups excluding carboxylic acids is 1. The van der Waals surface area contributed by atoms with Crippen molar-refractivity contribution in [1.82, 2.24) is 15.5 Å². The highest BCUT2D eigenvalue weighted by Crippen LogP contribution is 2.17. The van der Waals surface area contributed by atoms with Crippen molar-refractivity contribution in [2.75, 3.05) is 7.11 Å². The van der Waals surface area contributed by atoms with Gasteiger partial charge in [-0.15, -0.1) is 0 Å². The normalized spacial score (nSPS) is 10.8. The molecule has 3 rings (SSSR count). The van der Waals surface area contributed by atoms with Gasteiger partial charge in [-0.3, -0.25) is 4.79 Å². The minimum atomic E-state index is -0.260. The van der Waals surface area contributed by atoms with Gasteiger partial charge in [0.05, 0.1) is 6.54 Å². The molecule has 0 atom stereocenters. The molecule has 0 fully saturated rings. The fraction of sp³-hybridized carbons (Fsp3) is 0.250. The summed E-state index contributed by atoms with van der Waals surface area (Å²) >= 11 is 0. The van der Waals surface area contributed by atoms with Gasteiger partial charge in [0.25, 0.3) is 5.91 Å². The fourth-order valence-electron chi connectivity index (χ4n) is 2.66. The maximum absolute atomic E-state index is 13.8. The number of methoxy groups -OCH3 is 1. The topological polar surface area (TPSA) is 77.3 Å². The number of amides is 1. The molecule has 3 aromatic rings. The van der Waals surface area contributed by atoms with Crippen LogP contribution in [0, 0.1) is 12.7 Å². The first-order valence-electron chi connectivity index (χ1n) is 8.48. The molecule has 140 valence electrons. The van der Waals surface area contributed by atoms with Crippen LogP contribution in [-0.2, 0) is 24.3 Å². The third-order valence-corrected chi connectivity index (χ3v) is 4.08. The highest BCUT2D eigenvalue weighted by molar-refractivity contribution is 5.95. The molecule has 0 aliphatic carbocycles. The lowest BCUT2D eigenvalue weighted by Gasteiger charge is -2.10. The maximum atomic E-state index is 13.8. The minimum absolute atomic E-state index is 0.114. The zero-order valence-electron chi connectivity index (χ0n) is 15.2. The van der Waals surface area contributed by atoms with Crippen molar-refractivity contribution in [3.8, 4) is 0 Å². The summed E-state index contributed by atoms with van der Waals surface area (Å²) < 4.78 is 23.8. The Balaban J connectivity index is 1.70. The number of rotatable bonds is 7. The predicted octanol–water partition coefficient (Wildman–Crippen LogP) is 3.18. The molecule has 6 nitrogen and oxygen atoms in total. The molecule has 0 saturated heterocycles. The zero-order valence-corrected chi connectivity index (χ0v) is 15.2. The molecule has 0 saturated carbocycles. The van der Waals surface area contributed by atoms with Gasteiger partial charge in [-0.1, -0.05) is 35.5 Å². The highest BCUT2D eigenvalue weighted by Gasteiger charge is 2.13. The summed E-state index contributed by atoms with van der Waals surface area (Å²) in [6.45, 7) is 2.08.